The summed E-state index contributed by atoms with van der Waals surface area (Å²) in [5, 5.41) is 21.4. The molecule has 1 heterocycles. The van der Waals surface area contributed by atoms with Crippen LogP contribution in [0.15, 0.2) is 24.3 Å². The SMILES string of the molecule is CCC(C)CNc1c(C#N)nnc2ccccc12. The summed E-state index contributed by atoms with van der Waals surface area (Å²) < 4.78 is 0. The normalized spacial score (nSPS) is 12.1. The van der Waals surface area contributed by atoms with E-state index < -0.39 is 0 Å². The van der Waals surface area contributed by atoms with Crippen LogP contribution in [0, 0.1) is 17.2 Å². The third-order valence-electron chi connectivity index (χ3n) is 3.10. The lowest BCUT2D eigenvalue weighted by molar-refractivity contribution is 0.593. The molecular weight excluding hydrogens is 224 g/mol. The van der Waals surface area contributed by atoms with Gasteiger partial charge in [0.15, 0.2) is 5.69 Å². The van der Waals surface area contributed by atoms with Crippen LogP contribution in [0.25, 0.3) is 10.9 Å². The zero-order chi connectivity index (χ0) is 13.0. The predicted molar refractivity (Wildman–Crippen MR) is 72.2 cm³/mol. The molecule has 0 amide bonds. The van der Waals surface area contributed by atoms with Crippen LogP contribution < -0.4 is 5.32 Å². The number of hydrogen-bond donors (Lipinski definition) is 1. The molecule has 0 saturated carbocycles. The monoisotopic (exact) mass is 240 g/mol. The molecule has 1 N–H and O–H groups in total. The third kappa shape index (κ3) is 2.40. The quantitative estimate of drug-likeness (QED) is 0.892. The zero-order valence-electron chi connectivity index (χ0n) is 10.6. The van der Waals surface area contributed by atoms with Crippen LogP contribution in [0.4, 0.5) is 5.69 Å². The highest BCUT2D eigenvalue weighted by Crippen LogP contribution is 2.24. The van der Waals surface area contributed by atoms with Crippen LogP contribution in [0.5, 0.6) is 0 Å². The van der Waals surface area contributed by atoms with E-state index in [1.165, 1.54) is 0 Å². The Morgan fingerprint density at radius 1 is 1.33 bits per heavy atom. The van der Waals surface area contributed by atoms with Gasteiger partial charge in [-0.25, -0.2) is 0 Å². The molecule has 0 aliphatic rings. The van der Waals surface area contributed by atoms with Crippen LogP contribution in [-0.2, 0) is 0 Å². The van der Waals surface area contributed by atoms with Crippen molar-refractivity contribution in [3.63, 3.8) is 0 Å². The third-order valence-corrected chi connectivity index (χ3v) is 3.10. The molecule has 0 spiro atoms. The van der Waals surface area contributed by atoms with Crippen LogP contribution in [0.2, 0.25) is 0 Å². The van der Waals surface area contributed by atoms with Crippen LogP contribution >= 0.6 is 0 Å². The first-order chi connectivity index (χ1) is 8.76. The van der Waals surface area contributed by atoms with Gasteiger partial charge < -0.3 is 5.32 Å². The molecule has 0 radical (unpaired) electrons. The van der Waals surface area contributed by atoms with Crippen molar-refractivity contribution in [2.24, 2.45) is 5.92 Å². The number of nitrogens with zero attached hydrogens (tertiary/aromatic N) is 3. The second-order valence-corrected chi connectivity index (χ2v) is 4.45. The topological polar surface area (TPSA) is 61.6 Å². The number of rotatable bonds is 4. The minimum Gasteiger partial charge on any atom is -0.382 e. The second kappa shape index (κ2) is 5.46. The van der Waals surface area contributed by atoms with E-state index in [0.717, 1.165) is 29.6 Å². The van der Waals surface area contributed by atoms with Crippen molar-refractivity contribution in [3.8, 4) is 6.07 Å². The van der Waals surface area contributed by atoms with E-state index in [2.05, 4.69) is 35.4 Å². The minimum absolute atomic E-state index is 0.358. The Labute approximate surface area is 107 Å². The molecule has 0 aliphatic carbocycles. The fourth-order valence-corrected chi connectivity index (χ4v) is 1.73. The number of nitriles is 1. The summed E-state index contributed by atoms with van der Waals surface area (Å²) in [6, 6.07) is 9.82. The summed E-state index contributed by atoms with van der Waals surface area (Å²) in [5.74, 6) is 0.559. The van der Waals surface area contributed by atoms with Gasteiger partial charge in [0.05, 0.1) is 11.2 Å². The highest BCUT2D eigenvalue weighted by Gasteiger charge is 2.10. The van der Waals surface area contributed by atoms with Crippen molar-refractivity contribution < 1.29 is 0 Å². The molecule has 1 aromatic carbocycles. The Morgan fingerprint density at radius 2 is 2.11 bits per heavy atom. The summed E-state index contributed by atoms with van der Waals surface area (Å²) in [4.78, 5) is 0. The second-order valence-electron chi connectivity index (χ2n) is 4.45. The average Bonchev–Trinajstić information content (AvgIpc) is 2.44. The summed E-state index contributed by atoms with van der Waals surface area (Å²) in [6.07, 6.45) is 1.10. The summed E-state index contributed by atoms with van der Waals surface area (Å²) in [7, 11) is 0. The molecule has 0 aliphatic heterocycles. The Bertz CT molecular complexity index is 586. The summed E-state index contributed by atoms with van der Waals surface area (Å²) >= 11 is 0. The Hall–Kier alpha value is -2.15. The zero-order valence-corrected chi connectivity index (χ0v) is 10.6. The molecule has 2 rings (SSSR count). The molecule has 2 aromatic rings. The van der Waals surface area contributed by atoms with Gasteiger partial charge in [-0.05, 0) is 12.0 Å². The molecular formula is C14H16N4. The highest BCUT2D eigenvalue weighted by atomic mass is 15.1. The van der Waals surface area contributed by atoms with Gasteiger partial charge in [0.1, 0.15) is 6.07 Å². The van der Waals surface area contributed by atoms with Crippen LogP contribution in [-0.4, -0.2) is 16.7 Å². The average molecular weight is 240 g/mol. The Morgan fingerprint density at radius 3 is 2.83 bits per heavy atom. The van der Waals surface area contributed by atoms with Crippen molar-refractivity contribution in [1.82, 2.24) is 10.2 Å². The number of nitrogens with one attached hydrogen (secondary N) is 1. The largest absolute Gasteiger partial charge is 0.382 e. The van der Waals surface area contributed by atoms with Gasteiger partial charge in [-0.2, -0.15) is 5.26 Å². The molecule has 18 heavy (non-hydrogen) atoms. The molecule has 92 valence electrons. The number of fused-ring (bicyclic) bond motifs is 1. The minimum atomic E-state index is 0.358. The Balaban J connectivity index is 2.42. The molecule has 4 nitrogen and oxygen atoms in total. The number of benzene rings is 1. The lowest BCUT2D eigenvalue weighted by Gasteiger charge is -2.13. The predicted octanol–water partition coefficient (Wildman–Crippen LogP) is 2.96. The fraction of sp³-hybridized carbons (Fsp3) is 0.357. The number of anilines is 1. The standard InChI is InChI=1S/C14H16N4/c1-3-10(2)9-16-14-11-6-4-5-7-12(11)17-18-13(14)8-15/h4-7,10H,3,9H2,1-2H3,(H,16,17). The lowest BCUT2D eigenvalue weighted by atomic mass is 10.1. The van der Waals surface area contributed by atoms with Crippen LogP contribution in [0.1, 0.15) is 26.0 Å². The van der Waals surface area contributed by atoms with Gasteiger partial charge >= 0.3 is 0 Å². The van der Waals surface area contributed by atoms with E-state index in [1.54, 1.807) is 0 Å². The van der Waals surface area contributed by atoms with Gasteiger partial charge in [0.25, 0.3) is 0 Å². The molecule has 0 bridgehead atoms. The van der Waals surface area contributed by atoms with E-state index in [9.17, 15) is 0 Å². The van der Waals surface area contributed by atoms with E-state index in [-0.39, 0.29) is 0 Å². The molecule has 0 saturated heterocycles. The van der Waals surface area contributed by atoms with Gasteiger partial charge in [0, 0.05) is 11.9 Å². The molecule has 4 heteroatoms. The first kappa shape index (κ1) is 12.3. The van der Waals surface area contributed by atoms with Gasteiger partial charge in [-0.1, -0.05) is 38.5 Å². The lowest BCUT2D eigenvalue weighted by Crippen LogP contribution is -2.12. The van der Waals surface area contributed by atoms with E-state index in [4.69, 9.17) is 5.26 Å². The van der Waals surface area contributed by atoms with Crippen LogP contribution in [0.3, 0.4) is 0 Å². The van der Waals surface area contributed by atoms with Crippen molar-refractivity contribution >= 4 is 16.6 Å². The maximum absolute atomic E-state index is 9.11. The highest BCUT2D eigenvalue weighted by molar-refractivity contribution is 5.92. The van der Waals surface area contributed by atoms with Crippen molar-refractivity contribution in [2.75, 3.05) is 11.9 Å². The van der Waals surface area contributed by atoms with Gasteiger partial charge in [0.2, 0.25) is 0 Å². The molecule has 1 aromatic heterocycles. The Kier molecular flexibility index (Phi) is 3.73. The van der Waals surface area contributed by atoms with Crippen molar-refractivity contribution in [3.05, 3.63) is 30.0 Å². The maximum Gasteiger partial charge on any atom is 0.186 e. The van der Waals surface area contributed by atoms with Crippen molar-refractivity contribution in [1.29, 1.82) is 5.26 Å². The summed E-state index contributed by atoms with van der Waals surface area (Å²) in [6.45, 7) is 5.16. The van der Waals surface area contributed by atoms with E-state index in [0.29, 0.717) is 11.6 Å². The molecule has 1 atom stereocenters. The van der Waals surface area contributed by atoms with Crippen molar-refractivity contribution in [2.45, 2.75) is 20.3 Å². The maximum atomic E-state index is 9.11. The van der Waals surface area contributed by atoms with Gasteiger partial charge in [-0.15, -0.1) is 10.2 Å². The molecule has 0 fully saturated rings. The first-order valence-electron chi connectivity index (χ1n) is 6.15. The van der Waals surface area contributed by atoms with Gasteiger partial charge in [-0.3, -0.25) is 0 Å². The fourth-order valence-electron chi connectivity index (χ4n) is 1.73. The molecule has 1 unspecified atom stereocenters. The first-order valence-corrected chi connectivity index (χ1v) is 6.15. The smallest absolute Gasteiger partial charge is 0.186 e. The number of hydrogen-bond acceptors (Lipinski definition) is 4. The number of aromatic nitrogens is 2. The van der Waals surface area contributed by atoms with E-state index >= 15 is 0 Å². The summed E-state index contributed by atoms with van der Waals surface area (Å²) in [5.41, 5.74) is 1.96. The van der Waals surface area contributed by atoms with E-state index in [1.807, 2.05) is 24.3 Å².